The summed E-state index contributed by atoms with van der Waals surface area (Å²) < 4.78 is 5.41. The maximum Gasteiger partial charge on any atom is 0.338 e. The summed E-state index contributed by atoms with van der Waals surface area (Å²) in [6.45, 7) is 4.04. The molecule has 0 spiro atoms. The minimum Gasteiger partial charge on any atom is -0.457 e. The quantitative estimate of drug-likeness (QED) is 0.341. The van der Waals surface area contributed by atoms with Crippen LogP contribution in [0.1, 0.15) is 34.1 Å². The molecule has 3 rings (SSSR count). The van der Waals surface area contributed by atoms with Crippen LogP contribution in [0.15, 0.2) is 84.0 Å². The van der Waals surface area contributed by atoms with E-state index in [-0.39, 0.29) is 12.6 Å². The summed E-state index contributed by atoms with van der Waals surface area (Å²) in [6, 6.07) is 22.8. The van der Waals surface area contributed by atoms with Gasteiger partial charge in [-0.15, -0.1) is 0 Å². The average molecular weight is 402 g/mol. The molecule has 3 aromatic rings. The Kier molecular flexibility index (Phi) is 7.97. The second-order valence-corrected chi connectivity index (χ2v) is 6.63. The molecular weight excluding hydrogens is 376 g/mol. The first-order valence-electron chi connectivity index (χ1n) is 9.96. The van der Waals surface area contributed by atoms with Gasteiger partial charge in [-0.25, -0.2) is 9.79 Å². The Balaban J connectivity index is 1.58. The number of benzene rings is 2. The minimum absolute atomic E-state index is 0.254. The van der Waals surface area contributed by atoms with E-state index in [0.717, 1.165) is 23.4 Å². The van der Waals surface area contributed by atoms with Gasteiger partial charge in [0.15, 0.2) is 5.96 Å². The van der Waals surface area contributed by atoms with Crippen molar-refractivity contribution >= 4 is 11.9 Å². The number of esters is 1. The number of nitrogens with one attached hydrogen (secondary N) is 2. The fraction of sp³-hybridized carbons (Fsp3) is 0.208. The molecule has 30 heavy (non-hydrogen) atoms. The van der Waals surface area contributed by atoms with E-state index < -0.39 is 0 Å². The van der Waals surface area contributed by atoms with Gasteiger partial charge in [-0.05, 0) is 42.3 Å². The smallest absolute Gasteiger partial charge is 0.338 e. The summed E-state index contributed by atoms with van der Waals surface area (Å²) in [5.74, 6) is 0.352. The van der Waals surface area contributed by atoms with Gasteiger partial charge in [0, 0.05) is 12.7 Å². The Labute approximate surface area is 177 Å². The highest BCUT2D eigenvalue weighted by atomic mass is 16.5. The molecule has 0 bridgehead atoms. The molecule has 2 aromatic carbocycles. The van der Waals surface area contributed by atoms with Crippen LogP contribution in [-0.2, 0) is 24.4 Å². The van der Waals surface area contributed by atoms with Crippen molar-refractivity contribution < 1.29 is 9.53 Å². The number of hydrogen-bond donors (Lipinski definition) is 2. The fourth-order valence-electron chi connectivity index (χ4n) is 2.79. The Hall–Kier alpha value is -3.67. The van der Waals surface area contributed by atoms with Gasteiger partial charge in [-0.3, -0.25) is 4.98 Å². The number of hydrogen-bond acceptors (Lipinski definition) is 4. The summed E-state index contributed by atoms with van der Waals surface area (Å²) in [5, 5.41) is 6.49. The first kappa shape index (κ1) is 21.0. The van der Waals surface area contributed by atoms with E-state index >= 15 is 0 Å². The molecule has 0 amide bonds. The maximum absolute atomic E-state index is 12.4. The van der Waals surface area contributed by atoms with Crippen molar-refractivity contribution in [2.45, 2.75) is 26.6 Å². The summed E-state index contributed by atoms with van der Waals surface area (Å²) in [5.41, 5.74) is 3.34. The van der Waals surface area contributed by atoms with E-state index in [1.165, 1.54) is 0 Å². The number of pyridine rings is 1. The van der Waals surface area contributed by atoms with Gasteiger partial charge >= 0.3 is 5.97 Å². The zero-order chi connectivity index (χ0) is 21.0. The standard InChI is InChI=1S/C24H26N4O2/c1-2-25-24(28-17-22-13-6-7-14-26-22)27-16-20-11-8-12-21(15-20)23(29)30-18-19-9-4-3-5-10-19/h3-15H,2,16-18H2,1H3,(H2,25,27,28). The summed E-state index contributed by atoms with van der Waals surface area (Å²) in [7, 11) is 0. The van der Waals surface area contributed by atoms with Crippen molar-refractivity contribution in [3.05, 3.63) is 101 Å². The molecule has 0 radical (unpaired) electrons. The van der Waals surface area contributed by atoms with E-state index in [9.17, 15) is 4.79 Å². The lowest BCUT2D eigenvalue weighted by atomic mass is 10.1. The van der Waals surface area contributed by atoms with Crippen LogP contribution in [0.5, 0.6) is 0 Å². The minimum atomic E-state index is -0.343. The zero-order valence-corrected chi connectivity index (χ0v) is 17.0. The van der Waals surface area contributed by atoms with Gasteiger partial charge < -0.3 is 15.4 Å². The average Bonchev–Trinajstić information content (AvgIpc) is 2.81. The monoisotopic (exact) mass is 402 g/mol. The van der Waals surface area contributed by atoms with Crippen LogP contribution in [0, 0.1) is 0 Å². The first-order valence-corrected chi connectivity index (χ1v) is 9.96. The third-order valence-electron chi connectivity index (χ3n) is 4.30. The molecule has 6 nitrogen and oxygen atoms in total. The molecule has 0 aliphatic carbocycles. The van der Waals surface area contributed by atoms with Crippen molar-refractivity contribution in [1.82, 2.24) is 15.6 Å². The molecule has 0 unspecified atom stereocenters. The number of carbonyl (C=O) groups is 1. The Bertz CT molecular complexity index is 959. The number of guanidine groups is 1. The number of aromatic nitrogens is 1. The largest absolute Gasteiger partial charge is 0.457 e. The lowest BCUT2D eigenvalue weighted by Gasteiger charge is -2.11. The number of ether oxygens (including phenoxy) is 1. The zero-order valence-electron chi connectivity index (χ0n) is 17.0. The topological polar surface area (TPSA) is 75.6 Å². The van der Waals surface area contributed by atoms with E-state index in [0.29, 0.717) is 24.6 Å². The van der Waals surface area contributed by atoms with Crippen molar-refractivity contribution in [2.75, 3.05) is 6.54 Å². The van der Waals surface area contributed by atoms with Gasteiger partial charge in [0.1, 0.15) is 6.61 Å². The van der Waals surface area contributed by atoms with Crippen LogP contribution in [0.3, 0.4) is 0 Å². The van der Waals surface area contributed by atoms with Crippen LogP contribution in [0.25, 0.3) is 0 Å². The molecule has 6 heteroatoms. The number of nitrogens with zero attached hydrogens (tertiary/aromatic N) is 2. The van der Waals surface area contributed by atoms with Crippen LogP contribution in [-0.4, -0.2) is 23.5 Å². The molecule has 154 valence electrons. The number of rotatable bonds is 8. The molecule has 0 aliphatic rings. The van der Waals surface area contributed by atoms with Gasteiger partial charge in [-0.2, -0.15) is 0 Å². The van der Waals surface area contributed by atoms with Crippen LogP contribution in [0.4, 0.5) is 0 Å². The molecule has 0 atom stereocenters. The predicted octanol–water partition coefficient (Wildman–Crippen LogP) is 3.69. The molecule has 2 N–H and O–H groups in total. The molecule has 0 fully saturated rings. The first-order chi connectivity index (χ1) is 14.7. The molecule has 0 saturated heterocycles. The molecule has 1 heterocycles. The Morgan fingerprint density at radius 2 is 1.77 bits per heavy atom. The van der Waals surface area contributed by atoms with E-state index in [1.807, 2.05) is 73.7 Å². The summed E-state index contributed by atoms with van der Waals surface area (Å²) in [6.07, 6.45) is 1.77. The third-order valence-corrected chi connectivity index (χ3v) is 4.30. The predicted molar refractivity (Wildman–Crippen MR) is 118 cm³/mol. The summed E-state index contributed by atoms with van der Waals surface area (Å²) >= 11 is 0. The molecular formula is C24H26N4O2. The number of aliphatic imine (C=N–C) groups is 1. The lowest BCUT2D eigenvalue weighted by molar-refractivity contribution is 0.0472. The van der Waals surface area contributed by atoms with Gasteiger partial charge in [0.05, 0.1) is 24.3 Å². The maximum atomic E-state index is 12.4. The third kappa shape index (κ3) is 6.74. The highest BCUT2D eigenvalue weighted by Gasteiger charge is 2.08. The second-order valence-electron chi connectivity index (χ2n) is 6.63. The highest BCUT2D eigenvalue weighted by Crippen LogP contribution is 2.10. The fourth-order valence-corrected chi connectivity index (χ4v) is 2.79. The van der Waals surface area contributed by atoms with Gasteiger partial charge in [0.2, 0.25) is 0 Å². The molecule has 0 aliphatic heterocycles. The van der Waals surface area contributed by atoms with E-state index in [4.69, 9.17) is 4.74 Å². The molecule has 1 aromatic heterocycles. The van der Waals surface area contributed by atoms with Crippen LogP contribution in [0.2, 0.25) is 0 Å². The van der Waals surface area contributed by atoms with E-state index in [1.54, 1.807) is 12.3 Å². The van der Waals surface area contributed by atoms with Crippen molar-refractivity contribution in [1.29, 1.82) is 0 Å². The van der Waals surface area contributed by atoms with Gasteiger partial charge in [-0.1, -0.05) is 48.5 Å². The highest BCUT2D eigenvalue weighted by molar-refractivity contribution is 5.89. The van der Waals surface area contributed by atoms with Gasteiger partial charge in [0.25, 0.3) is 0 Å². The van der Waals surface area contributed by atoms with Crippen LogP contribution >= 0.6 is 0 Å². The lowest BCUT2D eigenvalue weighted by Crippen LogP contribution is -2.37. The Morgan fingerprint density at radius 1 is 0.967 bits per heavy atom. The molecule has 0 saturated carbocycles. The van der Waals surface area contributed by atoms with Crippen molar-refractivity contribution in [3.8, 4) is 0 Å². The van der Waals surface area contributed by atoms with Crippen molar-refractivity contribution in [3.63, 3.8) is 0 Å². The normalized spacial score (nSPS) is 11.0. The SMILES string of the molecule is CCNC(=NCc1cccc(C(=O)OCc2ccccc2)c1)NCc1ccccn1. The second kappa shape index (κ2) is 11.4. The van der Waals surface area contributed by atoms with E-state index in [2.05, 4.69) is 20.6 Å². The summed E-state index contributed by atoms with van der Waals surface area (Å²) in [4.78, 5) is 21.3. The van der Waals surface area contributed by atoms with Crippen molar-refractivity contribution in [2.24, 2.45) is 4.99 Å². The number of carbonyl (C=O) groups excluding carboxylic acids is 1. The Morgan fingerprint density at radius 3 is 2.53 bits per heavy atom. The van der Waals surface area contributed by atoms with Crippen LogP contribution < -0.4 is 10.6 Å².